The Labute approximate surface area is 133 Å². The molecule has 0 aromatic heterocycles. The topological polar surface area (TPSA) is 44.8 Å². The Bertz CT molecular complexity index is 397. The van der Waals surface area contributed by atoms with Gasteiger partial charge in [-0.25, -0.2) is 0 Å². The predicted molar refractivity (Wildman–Crippen MR) is 83.1 cm³/mol. The highest BCUT2D eigenvalue weighted by Crippen LogP contribution is 2.62. The second-order valence-electron chi connectivity index (χ2n) is 7.30. The number of hydrogen-bond acceptors (Lipinski definition) is 4. The van der Waals surface area contributed by atoms with Crippen LogP contribution in [0, 0.1) is 29.6 Å². The van der Waals surface area contributed by atoms with Crippen molar-refractivity contribution in [3.63, 3.8) is 0 Å². The van der Waals surface area contributed by atoms with Crippen molar-refractivity contribution in [2.45, 2.75) is 64.6 Å². The molecule has 1 saturated heterocycles. The van der Waals surface area contributed by atoms with E-state index in [1.54, 1.807) is 7.11 Å². The van der Waals surface area contributed by atoms with Crippen molar-refractivity contribution in [1.82, 2.24) is 0 Å². The van der Waals surface area contributed by atoms with Gasteiger partial charge in [0.1, 0.15) is 0 Å². The van der Waals surface area contributed by atoms with Crippen LogP contribution < -0.4 is 0 Å². The number of carbonyl (C=O) groups excluding carboxylic acids is 1. The Morgan fingerprint density at radius 3 is 2.55 bits per heavy atom. The molecule has 22 heavy (non-hydrogen) atoms. The lowest BCUT2D eigenvalue weighted by Crippen LogP contribution is -2.33. The van der Waals surface area contributed by atoms with Crippen molar-refractivity contribution in [3.05, 3.63) is 0 Å². The van der Waals surface area contributed by atoms with Crippen LogP contribution in [-0.4, -0.2) is 32.1 Å². The molecule has 1 aliphatic heterocycles. The molecule has 2 bridgehead atoms. The highest BCUT2D eigenvalue weighted by molar-refractivity contribution is 5.69. The fraction of sp³-hybridized carbons (Fsp3) is 0.944. The third-order valence-corrected chi connectivity index (χ3v) is 6.34. The SMILES string of the molecule is CCC1OC(CC)C2C3CC(CC3CCC(=O)OCOC)C12. The summed E-state index contributed by atoms with van der Waals surface area (Å²) in [4.78, 5) is 11.7. The van der Waals surface area contributed by atoms with Crippen LogP contribution in [-0.2, 0) is 19.0 Å². The summed E-state index contributed by atoms with van der Waals surface area (Å²) in [5.41, 5.74) is 0. The zero-order chi connectivity index (χ0) is 15.7. The van der Waals surface area contributed by atoms with Gasteiger partial charge in [-0.1, -0.05) is 13.8 Å². The molecule has 7 atom stereocenters. The van der Waals surface area contributed by atoms with Crippen molar-refractivity contribution in [2.24, 2.45) is 29.6 Å². The quantitative estimate of drug-likeness (QED) is 0.534. The molecule has 0 aromatic carbocycles. The third-order valence-electron chi connectivity index (χ3n) is 6.34. The van der Waals surface area contributed by atoms with Crippen LogP contribution in [0.4, 0.5) is 0 Å². The maximum atomic E-state index is 11.7. The molecule has 0 amide bonds. The molecule has 3 fully saturated rings. The first-order valence-electron chi connectivity index (χ1n) is 8.99. The second kappa shape index (κ2) is 6.88. The molecule has 0 spiro atoms. The predicted octanol–water partition coefficient (Wildman–Crippen LogP) is 3.39. The molecular formula is C18H30O4. The second-order valence-corrected chi connectivity index (χ2v) is 7.30. The van der Waals surface area contributed by atoms with Gasteiger partial charge in [0, 0.05) is 13.5 Å². The number of ether oxygens (including phenoxy) is 3. The lowest BCUT2D eigenvalue weighted by atomic mass is 9.69. The van der Waals surface area contributed by atoms with E-state index >= 15 is 0 Å². The van der Waals surface area contributed by atoms with Crippen LogP contribution in [0.3, 0.4) is 0 Å². The molecule has 4 nitrogen and oxygen atoms in total. The van der Waals surface area contributed by atoms with Gasteiger partial charge in [0.2, 0.25) is 0 Å². The standard InChI is InChI=1S/C18H30O4/c1-4-14-17-12-8-11(6-7-16(19)21-10-20-3)13(9-12)18(17)15(5-2)22-14/h11-15,17-18H,4-10H2,1-3H3. The van der Waals surface area contributed by atoms with Crippen molar-refractivity contribution < 1.29 is 19.0 Å². The smallest absolute Gasteiger partial charge is 0.307 e. The lowest BCUT2D eigenvalue weighted by molar-refractivity contribution is -0.154. The first kappa shape index (κ1) is 16.3. The van der Waals surface area contributed by atoms with E-state index in [1.807, 2.05) is 0 Å². The van der Waals surface area contributed by atoms with E-state index < -0.39 is 0 Å². The van der Waals surface area contributed by atoms with Gasteiger partial charge in [-0.05, 0) is 61.7 Å². The highest BCUT2D eigenvalue weighted by Gasteiger charge is 2.60. The van der Waals surface area contributed by atoms with Gasteiger partial charge < -0.3 is 14.2 Å². The molecule has 7 unspecified atom stereocenters. The van der Waals surface area contributed by atoms with E-state index in [0.29, 0.717) is 24.5 Å². The van der Waals surface area contributed by atoms with E-state index in [2.05, 4.69) is 13.8 Å². The molecule has 2 aliphatic carbocycles. The van der Waals surface area contributed by atoms with Crippen molar-refractivity contribution in [1.29, 1.82) is 0 Å². The van der Waals surface area contributed by atoms with Gasteiger partial charge >= 0.3 is 5.97 Å². The summed E-state index contributed by atoms with van der Waals surface area (Å²) in [5.74, 6) is 3.70. The van der Waals surface area contributed by atoms with Crippen LogP contribution in [0.25, 0.3) is 0 Å². The molecular weight excluding hydrogens is 280 g/mol. The molecule has 4 heteroatoms. The molecule has 3 rings (SSSR count). The summed E-state index contributed by atoms with van der Waals surface area (Å²) in [5, 5.41) is 0. The largest absolute Gasteiger partial charge is 0.438 e. The fourth-order valence-corrected chi connectivity index (χ4v) is 5.64. The highest BCUT2D eigenvalue weighted by atomic mass is 16.7. The Kier molecular flexibility index (Phi) is 5.08. The normalized spacial score (nSPS) is 42.6. The van der Waals surface area contributed by atoms with Crippen LogP contribution in [0.5, 0.6) is 0 Å². The van der Waals surface area contributed by atoms with Crippen LogP contribution in [0.1, 0.15) is 52.4 Å². The minimum absolute atomic E-state index is 0.0736. The van der Waals surface area contributed by atoms with E-state index in [9.17, 15) is 4.79 Å². The van der Waals surface area contributed by atoms with Gasteiger partial charge in [-0.3, -0.25) is 4.79 Å². The number of rotatable bonds is 7. The number of esters is 1. The summed E-state index contributed by atoms with van der Waals surface area (Å²) in [6.07, 6.45) is 7.37. The summed E-state index contributed by atoms with van der Waals surface area (Å²) in [7, 11) is 1.54. The van der Waals surface area contributed by atoms with Crippen molar-refractivity contribution in [3.8, 4) is 0 Å². The summed E-state index contributed by atoms with van der Waals surface area (Å²) < 4.78 is 16.1. The molecule has 3 aliphatic rings. The van der Waals surface area contributed by atoms with Crippen molar-refractivity contribution in [2.75, 3.05) is 13.9 Å². The third kappa shape index (κ3) is 2.80. The molecule has 0 radical (unpaired) electrons. The zero-order valence-corrected chi connectivity index (χ0v) is 14.1. The zero-order valence-electron chi connectivity index (χ0n) is 14.1. The summed E-state index contributed by atoms with van der Waals surface area (Å²) in [6.45, 7) is 4.59. The Balaban J connectivity index is 1.57. The minimum atomic E-state index is -0.123. The molecule has 0 aromatic rings. The number of fused-ring (bicyclic) bond motifs is 5. The number of carbonyl (C=O) groups is 1. The van der Waals surface area contributed by atoms with Gasteiger partial charge in [0.25, 0.3) is 0 Å². The maximum Gasteiger partial charge on any atom is 0.307 e. The minimum Gasteiger partial charge on any atom is -0.438 e. The Morgan fingerprint density at radius 2 is 1.86 bits per heavy atom. The van der Waals surface area contributed by atoms with Crippen LogP contribution >= 0.6 is 0 Å². The van der Waals surface area contributed by atoms with Crippen LogP contribution in [0.15, 0.2) is 0 Å². The molecule has 1 heterocycles. The van der Waals surface area contributed by atoms with Crippen LogP contribution in [0.2, 0.25) is 0 Å². The summed E-state index contributed by atoms with van der Waals surface area (Å²) in [6, 6.07) is 0. The Morgan fingerprint density at radius 1 is 1.14 bits per heavy atom. The molecule has 126 valence electrons. The van der Waals surface area contributed by atoms with E-state index in [1.165, 1.54) is 12.8 Å². The first-order chi connectivity index (χ1) is 10.7. The van der Waals surface area contributed by atoms with Gasteiger partial charge in [-0.2, -0.15) is 0 Å². The van der Waals surface area contributed by atoms with Crippen molar-refractivity contribution >= 4 is 5.97 Å². The average molecular weight is 310 g/mol. The van der Waals surface area contributed by atoms with Gasteiger partial charge in [0.15, 0.2) is 6.79 Å². The monoisotopic (exact) mass is 310 g/mol. The number of hydrogen-bond donors (Lipinski definition) is 0. The van der Waals surface area contributed by atoms with Gasteiger partial charge in [0.05, 0.1) is 12.2 Å². The summed E-state index contributed by atoms with van der Waals surface area (Å²) >= 11 is 0. The van der Waals surface area contributed by atoms with E-state index in [0.717, 1.165) is 42.9 Å². The Hall–Kier alpha value is -0.610. The average Bonchev–Trinajstić information content (AvgIpc) is 3.20. The first-order valence-corrected chi connectivity index (χ1v) is 8.99. The lowest BCUT2D eigenvalue weighted by Gasteiger charge is -2.33. The molecule has 0 N–H and O–H groups in total. The number of methoxy groups -OCH3 is 1. The maximum absolute atomic E-state index is 11.7. The fourth-order valence-electron chi connectivity index (χ4n) is 5.64. The molecule has 2 saturated carbocycles. The van der Waals surface area contributed by atoms with Gasteiger partial charge in [-0.15, -0.1) is 0 Å². The van der Waals surface area contributed by atoms with E-state index in [4.69, 9.17) is 14.2 Å². The van der Waals surface area contributed by atoms with E-state index in [-0.39, 0.29) is 12.8 Å².